The Kier molecular flexibility index (Phi) is 6.14. The maximum atomic E-state index is 13.6. The minimum Gasteiger partial charge on any atom is -0.228 e. The van der Waals surface area contributed by atoms with Crippen LogP contribution in [0, 0.1) is 12.8 Å². The van der Waals surface area contributed by atoms with Crippen LogP contribution in [0.3, 0.4) is 0 Å². The molecule has 4 rings (SSSR count). The first-order valence-electron chi connectivity index (χ1n) is 11.1. The molecule has 2 aromatic rings. The summed E-state index contributed by atoms with van der Waals surface area (Å²) in [6, 6.07) is 16.0. The van der Waals surface area contributed by atoms with E-state index in [1.807, 2.05) is 37.3 Å². The van der Waals surface area contributed by atoms with Gasteiger partial charge < -0.3 is 0 Å². The summed E-state index contributed by atoms with van der Waals surface area (Å²) >= 11 is 0. The van der Waals surface area contributed by atoms with Crippen molar-refractivity contribution in [3.63, 3.8) is 0 Å². The van der Waals surface area contributed by atoms with Crippen molar-refractivity contribution in [3.05, 3.63) is 76.7 Å². The molecule has 1 aliphatic carbocycles. The minimum atomic E-state index is -3.79. The first kappa shape index (κ1) is 22.3. The first-order valence-corrected chi connectivity index (χ1v) is 14.3. The van der Waals surface area contributed by atoms with E-state index in [0.717, 1.165) is 37.7 Å². The Morgan fingerprint density at radius 3 is 2.16 bits per heavy atom. The van der Waals surface area contributed by atoms with E-state index < -0.39 is 24.4 Å². The van der Waals surface area contributed by atoms with Crippen molar-refractivity contribution >= 4 is 19.7 Å². The van der Waals surface area contributed by atoms with Crippen molar-refractivity contribution in [2.24, 2.45) is 5.92 Å². The summed E-state index contributed by atoms with van der Waals surface area (Å²) in [6.07, 6.45) is 5.75. The van der Waals surface area contributed by atoms with Gasteiger partial charge >= 0.3 is 0 Å². The van der Waals surface area contributed by atoms with Crippen molar-refractivity contribution < 1.29 is 16.8 Å². The quantitative estimate of drug-likeness (QED) is 0.607. The van der Waals surface area contributed by atoms with Gasteiger partial charge in [0.2, 0.25) is 0 Å². The van der Waals surface area contributed by atoms with Gasteiger partial charge in [0.25, 0.3) is 0 Å². The molecule has 1 heterocycles. The molecule has 0 bridgehead atoms. The third-order valence-electron chi connectivity index (χ3n) is 6.86. The lowest BCUT2D eigenvalue weighted by Gasteiger charge is -2.37. The number of hydrogen-bond donors (Lipinski definition) is 0. The molecule has 4 nitrogen and oxygen atoms in total. The molecule has 0 radical (unpaired) electrons. The van der Waals surface area contributed by atoms with Gasteiger partial charge in [0, 0.05) is 5.41 Å². The molecule has 31 heavy (non-hydrogen) atoms. The van der Waals surface area contributed by atoms with Crippen LogP contribution in [0.2, 0.25) is 0 Å². The first-order chi connectivity index (χ1) is 14.8. The Balaban J connectivity index is 1.96. The van der Waals surface area contributed by atoms with E-state index in [9.17, 15) is 16.8 Å². The predicted octanol–water partition coefficient (Wildman–Crippen LogP) is 5.34. The van der Waals surface area contributed by atoms with Gasteiger partial charge in [-0.25, -0.2) is 16.8 Å². The van der Waals surface area contributed by atoms with E-state index in [0.29, 0.717) is 24.0 Å². The van der Waals surface area contributed by atoms with E-state index in [1.54, 1.807) is 24.3 Å². The molecule has 2 aliphatic rings. The van der Waals surface area contributed by atoms with Crippen LogP contribution in [0.1, 0.15) is 56.1 Å². The topological polar surface area (TPSA) is 68.3 Å². The van der Waals surface area contributed by atoms with E-state index in [-0.39, 0.29) is 16.6 Å². The largest absolute Gasteiger partial charge is 0.228 e. The SMILES string of the molecule is Cc1ccc(S(=O)(=O)/C=C(\C2CCCCC2)C2(c3ccccc3)CCCS2(=O)=O)cc1. The lowest BCUT2D eigenvalue weighted by molar-refractivity contribution is 0.375. The van der Waals surface area contributed by atoms with Gasteiger partial charge in [0.05, 0.1) is 10.6 Å². The second kappa shape index (κ2) is 8.55. The van der Waals surface area contributed by atoms with E-state index in [4.69, 9.17) is 0 Å². The predicted molar refractivity (Wildman–Crippen MR) is 124 cm³/mol. The van der Waals surface area contributed by atoms with Crippen LogP contribution in [0.4, 0.5) is 0 Å². The summed E-state index contributed by atoms with van der Waals surface area (Å²) in [4.78, 5) is 0.213. The number of aryl methyl sites for hydroxylation is 1. The highest BCUT2D eigenvalue weighted by Gasteiger charge is 2.53. The number of sulfone groups is 2. The van der Waals surface area contributed by atoms with Gasteiger partial charge in [-0.1, -0.05) is 67.3 Å². The van der Waals surface area contributed by atoms with Crippen LogP contribution in [-0.2, 0) is 24.4 Å². The highest BCUT2D eigenvalue weighted by molar-refractivity contribution is 7.94. The zero-order valence-electron chi connectivity index (χ0n) is 18.0. The summed E-state index contributed by atoms with van der Waals surface area (Å²) in [6.45, 7) is 1.91. The Labute approximate surface area is 186 Å². The van der Waals surface area contributed by atoms with Crippen LogP contribution in [0.5, 0.6) is 0 Å². The summed E-state index contributed by atoms with van der Waals surface area (Å²) < 4.78 is 52.9. The summed E-state index contributed by atoms with van der Waals surface area (Å²) in [7, 11) is -7.33. The van der Waals surface area contributed by atoms with Crippen molar-refractivity contribution in [1.29, 1.82) is 0 Å². The van der Waals surface area contributed by atoms with Crippen LogP contribution in [0.15, 0.2) is 70.5 Å². The molecule has 0 aromatic heterocycles. The van der Waals surface area contributed by atoms with Gasteiger partial charge in [0.15, 0.2) is 19.7 Å². The van der Waals surface area contributed by atoms with Gasteiger partial charge in [-0.15, -0.1) is 0 Å². The molecule has 1 aliphatic heterocycles. The van der Waals surface area contributed by atoms with E-state index >= 15 is 0 Å². The number of rotatable bonds is 5. The van der Waals surface area contributed by atoms with Gasteiger partial charge in [-0.3, -0.25) is 0 Å². The molecular weight excluding hydrogens is 428 g/mol. The third kappa shape index (κ3) is 4.12. The van der Waals surface area contributed by atoms with Crippen LogP contribution in [-0.4, -0.2) is 22.6 Å². The smallest absolute Gasteiger partial charge is 0.199 e. The summed E-state index contributed by atoms with van der Waals surface area (Å²) in [5.74, 6) is 0.0540. The molecular formula is C25H30O4S2. The highest BCUT2D eigenvalue weighted by atomic mass is 32.2. The van der Waals surface area contributed by atoms with Gasteiger partial charge in [-0.05, 0) is 61.8 Å². The highest BCUT2D eigenvalue weighted by Crippen LogP contribution is 2.52. The second-order valence-corrected chi connectivity index (χ2v) is 13.0. The number of hydrogen-bond acceptors (Lipinski definition) is 4. The maximum Gasteiger partial charge on any atom is 0.199 e. The van der Waals surface area contributed by atoms with Crippen LogP contribution in [0.25, 0.3) is 0 Å². The molecule has 0 amide bonds. The fraction of sp³-hybridized carbons (Fsp3) is 0.440. The fourth-order valence-corrected chi connectivity index (χ4v) is 9.12. The normalized spacial score (nSPS) is 24.9. The van der Waals surface area contributed by atoms with Crippen LogP contribution >= 0.6 is 0 Å². The molecule has 1 atom stereocenters. The van der Waals surface area contributed by atoms with E-state index in [2.05, 4.69) is 0 Å². The minimum absolute atomic E-state index is 0.0398. The van der Waals surface area contributed by atoms with Crippen molar-refractivity contribution in [2.75, 3.05) is 5.75 Å². The monoisotopic (exact) mass is 458 g/mol. The summed E-state index contributed by atoms with van der Waals surface area (Å²) in [5.41, 5.74) is 2.26. The Morgan fingerprint density at radius 1 is 0.935 bits per heavy atom. The van der Waals surface area contributed by atoms with Gasteiger partial charge in [0.1, 0.15) is 4.75 Å². The summed E-state index contributed by atoms with van der Waals surface area (Å²) in [5, 5.41) is 1.32. The molecule has 2 fully saturated rings. The van der Waals surface area contributed by atoms with Gasteiger partial charge in [-0.2, -0.15) is 0 Å². The Hall–Kier alpha value is -1.92. The standard InChI is InChI=1S/C25H30O4S2/c1-20-13-15-23(16-14-20)30(26,27)19-24(21-9-4-2-5-10-21)25(17-8-18-31(25,28)29)22-11-6-3-7-12-22/h3,6-7,11-16,19,21H,2,4-5,8-10,17-18H2,1H3/b24-19+. The second-order valence-electron chi connectivity index (χ2n) is 8.88. The molecule has 2 aromatic carbocycles. The molecule has 0 N–H and O–H groups in total. The lowest BCUT2D eigenvalue weighted by atomic mass is 9.75. The van der Waals surface area contributed by atoms with Crippen molar-refractivity contribution in [2.45, 2.75) is 61.5 Å². The molecule has 0 spiro atoms. The number of benzene rings is 2. The fourth-order valence-electron chi connectivity index (χ4n) is 5.26. The molecule has 6 heteroatoms. The van der Waals surface area contributed by atoms with Crippen molar-refractivity contribution in [3.8, 4) is 0 Å². The Bertz CT molecular complexity index is 1160. The molecule has 1 unspecified atom stereocenters. The van der Waals surface area contributed by atoms with Crippen molar-refractivity contribution in [1.82, 2.24) is 0 Å². The average molecular weight is 459 g/mol. The molecule has 1 saturated carbocycles. The third-order valence-corrected chi connectivity index (χ3v) is 10.9. The van der Waals surface area contributed by atoms with Crippen LogP contribution < -0.4 is 0 Å². The molecule has 1 saturated heterocycles. The zero-order chi connectivity index (χ0) is 22.1. The maximum absolute atomic E-state index is 13.6. The molecule has 166 valence electrons. The Morgan fingerprint density at radius 2 is 1.58 bits per heavy atom. The average Bonchev–Trinajstić information content (AvgIpc) is 3.09. The zero-order valence-corrected chi connectivity index (χ0v) is 19.6. The van der Waals surface area contributed by atoms with E-state index in [1.165, 1.54) is 5.41 Å². The lowest BCUT2D eigenvalue weighted by Crippen LogP contribution is -2.38.